The first-order chi connectivity index (χ1) is 9.98. The average Bonchev–Trinajstić information content (AvgIpc) is 2.45. The molecule has 0 aromatic heterocycles. The van der Waals surface area contributed by atoms with Gasteiger partial charge in [0.05, 0.1) is 5.75 Å². The fourth-order valence-electron chi connectivity index (χ4n) is 3.00. The van der Waals surface area contributed by atoms with Crippen molar-refractivity contribution in [2.45, 2.75) is 64.3 Å². The number of nitrogens with one attached hydrogen (secondary N) is 1. The highest BCUT2D eigenvalue weighted by Crippen LogP contribution is 2.26. The Morgan fingerprint density at radius 3 is 2.48 bits per heavy atom. The summed E-state index contributed by atoms with van der Waals surface area (Å²) in [5.74, 6) is -0.298. The zero-order chi connectivity index (χ0) is 15.7. The van der Waals surface area contributed by atoms with Gasteiger partial charge in [-0.1, -0.05) is 39.0 Å². The molecule has 0 aliphatic heterocycles. The minimum atomic E-state index is -3.29. The number of unbranched alkanes of at least 4 members (excludes halogenated alkanes) is 2. The molecule has 0 spiro atoms. The lowest BCUT2D eigenvalue weighted by Crippen LogP contribution is -2.47. The van der Waals surface area contributed by atoms with E-state index in [0.717, 1.165) is 25.7 Å². The molecule has 1 rings (SSSR count). The predicted molar refractivity (Wildman–Crippen MR) is 85.7 cm³/mol. The molecule has 124 valence electrons. The van der Waals surface area contributed by atoms with Crippen molar-refractivity contribution in [1.29, 1.82) is 0 Å². The van der Waals surface area contributed by atoms with Crippen molar-refractivity contribution < 1.29 is 13.2 Å². The lowest BCUT2D eigenvalue weighted by molar-refractivity contribution is -0.119. The summed E-state index contributed by atoms with van der Waals surface area (Å²) in [6, 6.07) is -0.0800. The Morgan fingerprint density at radius 1 is 1.24 bits per heavy atom. The summed E-state index contributed by atoms with van der Waals surface area (Å²) in [7, 11) is -3.29. The Balaban J connectivity index is 2.42. The normalized spacial score (nSPS) is 18.4. The standard InChI is InChI=1S/C15H30N2O3S/c1-2-3-7-10-21(19,20)12-15(18)17-14(11-16)13-8-5-4-6-9-13/h13-14H,2-12,16H2,1H3,(H,17,18). The first-order valence-electron chi connectivity index (χ1n) is 8.18. The third kappa shape index (κ3) is 7.27. The van der Waals surface area contributed by atoms with Crippen LogP contribution in [0.2, 0.25) is 0 Å². The van der Waals surface area contributed by atoms with Gasteiger partial charge < -0.3 is 11.1 Å². The highest BCUT2D eigenvalue weighted by Gasteiger charge is 2.25. The number of rotatable bonds is 9. The van der Waals surface area contributed by atoms with Gasteiger partial charge in [0, 0.05) is 12.6 Å². The minimum absolute atomic E-state index is 0.0800. The van der Waals surface area contributed by atoms with Gasteiger partial charge in [-0.3, -0.25) is 4.79 Å². The van der Waals surface area contributed by atoms with Crippen LogP contribution in [-0.4, -0.2) is 38.4 Å². The van der Waals surface area contributed by atoms with Crippen LogP contribution >= 0.6 is 0 Å². The fourth-order valence-corrected chi connectivity index (χ4v) is 4.27. The van der Waals surface area contributed by atoms with Crippen molar-refractivity contribution in [3.8, 4) is 0 Å². The second-order valence-corrected chi connectivity index (χ2v) is 8.29. The summed E-state index contributed by atoms with van der Waals surface area (Å²) in [6.07, 6.45) is 8.23. The smallest absolute Gasteiger partial charge is 0.235 e. The van der Waals surface area contributed by atoms with Gasteiger partial charge in [0.25, 0.3) is 0 Å². The molecule has 0 bridgehead atoms. The largest absolute Gasteiger partial charge is 0.351 e. The van der Waals surface area contributed by atoms with Crippen LogP contribution in [0.4, 0.5) is 0 Å². The molecule has 1 aliphatic rings. The number of carbonyl (C=O) groups is 1. The summed E-state index contributed by atoms with van der Waals surface area (Å²) in [6.45, 7) is 2.40. The Labute approximate surface area is 129 Å². The van der Waals surface area contributed by atoms with Crippen LogP contribution in [0.25, 0.3) is 0 Å². The molecule has 0 aromatic carbocycles. The second-order valence-electron chi connectivity index (χ2n) is 6.11. The maximum absolute atomic E-state index is 12.0. The number of sulfone groups is 1. The van der Waals surface area contributed by atoms with E-state index in [2.05, 4.69) is 5.32 Å². The lowest BCUT2D eigenvalue weighted by atomic mass is 9.84. The monoisotopic (exact) mass is 318 g/mol. The summed E-state index contributed by atoms with van der Waals surface area (Å²) in [5.41, 5.74) is 5.75. The van der Waals surface area contributed by atoms with Crippen LogP contribution in [-0.2, 0) is 14.6 Å². The first kappa shape index (κ1) is 18.4. The molecule has 0 radical (unpaired) electrons. The molecule has 5 nitrogen and oxygen atoms in total. The molecule has 1 fully saturated rings. The van der Waals surface area contributed by atoms with Crippen molar-refractivity contribution in [3.63, 3.8) is 0 Å². The molecule has 3 N–H and O–H groups in total. The van der Waals surface area contributed by atoms with E-state index in [9.17, 15) is 13.2 Å². The van der Waals surface area contributed by atoms with E-state index in [1.165, 1.54) is 19.3 Å². The molecule has 21 heavy (non-hydrogen) atoms. The van der Waals surface area contributed by atoms with Gasteiger partial charge in [0.1, 0.15) is 5.75 Å². The zero-order valence-corrected chi connectivity index (χ0v) is 14.0. The number of hydrogen-bond donors (Lipinski definition) is 2. The van der Waals surface area contributed by atoms with Crippen LogP contribution in [0, 0.1) is 5.92 Å². The molecule has 1 aliphatic carbocycles. The number of nitrogens with two attached hydrogens (primary N) is 1. The summed E-state index contributed by atoms with van der Waals surface area (Å²) < 4.78 is 23.7. The van der Waals surface area contributed by atoms with Crippen molar-refractivity contribution in [2.75, 3.05) is 18.1 Å². The molecule has 1 saturated carbocycles. The van der Waals surface area contributed by atoms with E-state index in [1.807, 2.05) is 6.92 Å². The van der Waals surface area contributed by atoms with Crippen LogP contribution in [0.5, 0.6) is 0 Å². The molecule has 1 atom stereocenters. The van der Waals surface area contributed by atoms with Crippen LogP contribution in [0.1, 0.15) is 58.3 Å². The molecule has 0 aromatic rings. The third-order valence-corrected chi connectivity index (χ3v) is 5.84. The van der Waals surface area contributed by atoms with Gasteiger partial charge in [-0.15, -0.1) is 0 Å². The third-order valence-electron chi connectivity index (χ3n) is 4.23. The second kappa shape index (κ2) is 9.41. The lowest BCUT2D eigenvalue weighted by Gasteiger charge is -2.30. The first-order valence-corrected chi connectivity index (χ1v) is 10.0. The minimum Gasteiger partial charge on any atom is -0.351 e. The summed E-state index contributed by atoms with van der Waals surface area (Å²) in [5, 5.41) is 2.84. The highest BCUT2D eigenvalue weighted by molar-refractivity contribution is 7.92. The maximum Gasteiger partial charge on any atom is 0.235 e. The average molecular weight is 318 g/mol. The van der Waals surface area contributed by atoms with Gasteiger partial charge in [0.2, 0.25) is 5.91 Å². The molecule has 0 saturated heterocycles. The Hall–Kier alpha value is -0.620. The predicted octanol–water partition coefficient (Wildman–Crippen LogP) is 1.62. The highest BCUT2D eigenvalue weighted by atomic mass is 32.2. The van der Waals surface area contributed by atoms with Crippen molar-refractivity contribution in [1.82, 2.24) is 5.32 Å². The van der Waals surface area contributed by atoms with E-state index >= 15 is 0 Å². The molecule has 0 heterocycles. The van der Waals surface area contributed by atoms with E-state index in [1.54, 1.807) is 0 Å². The van der Waals surface area contributed by atoms with Gasteiger partial charge in [0.15, 0.2) is 9.84 Å². The quantitative estimate of drug-likeness (QED) is 0.632. The molecule has 1 unspecified atom stereocenters. The summed E-state index contributed by atoms with van der Waals surface area (Å²) in [4.78, 5) is 12.0. The van der Waals surface area contributed by atoms with Gasteiger partial charge in [-0.25, -0.2) is 8.42 Å². The van der Waals surface area contributed by atoms with E-state index in [-0.39, 0.29) is 11.8 Å². The topological polar surface area (TPSA) is 89.3 Å². The van der Waals surface area contributed by atoms with Crippen molar-refractivity contribution >= 4 is 15.7 Å². The number of carbonyl (C=O) groups excluding carboxylic acids is 1. The Morgan fingerprint density at radius 2 is 1.90 bits per heavy atom. The van der Waals surface area contributed by atoms with Crippen LogP contribution < -0.4 is 11.1 Å². The van der Waals surface area contributed by atoms with E-state index < -0.39 is 21.5 Å². The maximum atomic E-state index is 12.0. The molecular weight excluding hydrogens is 288 g/mol. The fraction of sp³-hybridized carbons (Fsp3) is 0.933. The van der Waals surface area contributed by atoms with Crippen LogP contribution in [0.3, 0.4) is 0 Å². The molecular formula is C15H30N2O3S. The van der Waals surface area contributed by atoms with Crippen molar-refractivity contribution in [3.05, 3.63) is 0 Å². The summed E-state index contributed by atoms with van der Waals surface area (Å²) >= 11 is 0. The van der Waals surface area contributed by atoms with Crippen LogP contribution in [0.15, 0.2) is 0 Å². The van der Waals surface area contributed by atoms with E-state index in [4.69, 9.17) is 5.73 Å². The van der Waals surface area contributed by atoms with Crippen molar-refractivity contribution in [2.24, 2.45) is 11.7 Å². The number of hydrogen-bond acceptors (Lipinski definition) is 4. The Kier molecular flexibility index (Phi) is 8.26. The SMILES string of the molecule is CCCCCS(=O)(=O)CC(=O)NC(CN)C1CCCCC1. The van der Waals surface area contributed by atoms with E-state index in [0.29, 0.717) is 18.9 Å². The van der Waals surface area contributed by atoms with Gasteiger partial charge in [-0.05, 0) is 25.2 Å². The Bertz CT molecular complexity index is 403. The zero-order valence-electron chi connectivity index (χ0n) is 13.1. The van der Waals surface area contributed by atoms with Gasteiger partial charge >= 0.3 is 0 Å². The molecule has 6 heteroatoms. The van der Waals surface area contributed by atoms with Gasteiger partial charge in [-0.2, -0.15) is 0 Å². The number of amides is 1. The molecule has 1 amide bonds.